The van der Waals surface area contributed by atoms with E-state index in [1.54, 1.807) is 20.8 Å². The van der Waals surface area contributed by atoms with Gasteiger partial charge in [0.15, 0.2) is 0 Å². The molecule has 22 heavy (non-hydrogen) atoms. The van der Waals surface area contributed by atoms with Gasteiger partial charge in [-0.1, -0.05) is 12.1 Å². The zero-order valence-electron chi connectivity index (χ0n) is 12.8. The van der Waals surface area contributed by atoms with Crippen LogP contribution >= 0.6 is 22.6 Å². The first-order valence-electron chi connectivity index (χ1n) is 7.11. The second-order valence-electron chi connectivity index (χ2n) is 6.47. The van der Waals surface area contributed by atoms with E-state index in [1.165, 1.54) is 4.90 Å². The van der Waals surface area contributed by atoms with Crippen LogP contribution in [0.25, 0.3) is 0 Å². The summed E-state index contributed by atoms with van der Waals surface area (Å²) in [6.07, 6.45) is -0.480. The predicted octanol–water partition coefficient (Wildman–Crippen LogP) is 1.99. The van der Waals surface area contributed by atoms with E-state index in [0.717, 1.165) is 9.13 Å². The van der Waals surface area contributed by atoms with E-state index in [1.807, 2.05) is 24.3 Å². The highest BCUT2D eigenvalue weighted by molar-refractivity contribution is 14.1. The van der Waals surface area contributed by atoms with E-state index < -0.39 is 23.6 Å². The topological polar surface area (TPSA) is 69.7 Å². The maximum atomic E-state index is 12.2. The number of aliphatic carboxylic acids is 1. The first-order valence-corrected chi connectivity index (χ1v) is 8.19. The van der Waals surface area contributed by atoms with Crippen LogP contribution in [0.4, 0.5) is 4.79 Å². The second-order valence-corrected chi connectivity index (χ2v) is 7.72. The Kier molecular flexibility index (Phi) is 4.99. The molecule has 1 aliphatic rings. The second kappa shape index (κ2) is 6.44. The Morgan fingerprint density at radius 3 is 2.55 bits per heavy atom. The third-order valence-electron chi connectivity index (χ3n) is 3.55. The zero-order valence-corrected chi connectivity index (χ0v) is 15.0. The first-order chi connectivity index (χ1) is 10.2. The van der Waals surface area contributed by atoms with E-state index in [9.17, 15) is 14.7 Å². The molecule has 1 amide bonds. The fraction of sp³-hybridized carbons (Fsp3) is 0.500. The molecule has 0 saturated carbocycles. The van der Waals surface area contributed by atoms with Gasteiger partial charge in [0.05, 0.1) is 0 Å². The van der Waals surface area contributed by atoms with Crippen molar-refractivity contribution in [3.8, 4) is 0 Å². The van der Waals surface area contributed by atoms with Gasteiger partial charge in [-0.05, 0) is 61.1 Å². The SMILES string of the molecule is CC(C)(C)OC(=O)N1C[C@H](C(=O)[O-])[C@@H](c2cccc(I)c2)C1. The Morgan fingerprint density at radius 2 is 2.00 bits per heavy atom. The van der Waals surface area contributed by atoms with Gasteiger partial charge < -0.3 is 19.5 Å². The summed E-state index contributed by atoms with van der Waals surface area (Å²) >= 11 is 2.18. The summed E-state index contributed by atoms with van der Waals surface area (Å²) in [5, 5.41) is 11.4. The number of nitrogens with zero attached hydrogens (tertiary/aromatic N) is 1. The van der Waals surface area contributed by atoms with Crippen molar-refractivity contribution in [1.82, 2.24) is 4.90 Å². The molecule has 120 valence electrons. The van der Waals surface area contributed by atoms with Gasteiger partial charge in [0.25, 0.3) is 0 Å². The molecule has 1 aromatic rings. The summed E-state index contributed by atoms with van der Waals surface area (Å²) in [6.45, 7) is 5.80. The molecule has 0 spiro atoms. The molecule has 1 fully saturated rings. The van der Waals surface area contributed by atoms with Crippen LogP contribution in [0.2, 0.25) is 0 Å². The van der Waals surface area contributed by atoms with Crippen molar-refractivity contribution < 1.29 is 19.4 Å². The fourth-order valence-corrected chi connectivity index (χ4v) is 3.16. The van der Waals surface area contributed by atoms with Gasteiger partial charge in [0.1, 0.15) is 5.60 Å². The number of likely N-dealkylation sites (tertiary alicyclic amines) is 1. The summed E-state index contributed by atoms with van der Waals surface area (Å²) in [6, 6.07) is 7.67. The van der Waals surface area contributed by atoms with Gasteiger partial charge in [-0.2, -0.15) is 0 Å². The molecule has 2 atom stereocenters. The van der Waals surface area contributed by atoms with Crippen LogP contribution in [0.15, 0.2) is 24.3 Å². The lowest BCUT2D eigenvalue weighted by molar-refractivity contribution is -0.311. The van der Waals surface area contributed by atoms with Crippen molar-refractivity contribution >= 4 is 34.7 Å². The van der Waals surface area contributed by atoms with Crippen molar-refractivity contribution in [2.75, 3.05) is 13.1 Å². The maximum Gasteiger partial charge on any atom is 0.410 e. The molecule has 1 aromatic carbocycles. The van der Waals surface area contributed by atoms with Gasteiger partial charge in [-0.3, -0.25) is 0 Å². The van der Waals surface area contributed by atoms with Crippen molar-refractivity contribution in [2.45, 2.75) is 32.3 Å². The molecule has 0 N–H and O–H groups in total. The summed E-state index contributed by atoms with van der Waals surface area (Å²) < 4.78 is 6.36. The van der Waals surface area contributed by atoms with E-state index in [2.05, 4.69) is 22.6 Å². The van der Waals surface area contributed by atoms with Crippen LogP contribution in [-0.2, 0) is 9.53 Å². The summed E-state index contributed by atoms with van der Waals surface area (Å²) in [4.78, 5) is 25.0. The molecule has 2 rings (SSSR count). The van der Waals surface area contributed by atoms with Crippen molar-refractivity contribution in [1.29, 1.82) is 0 Å². The smallest absolute Gasteiger partial charge is 0.410 e. The number of carboxylic acid groups (broad SMARTS) is 1. The lowest BCUT2D eigenvalue weighted by Gasteiger charge is -2.24. The molecule has 0 aliphatic carbocycles. The largest absolute Gasteiger partial charge is 0.550 e. The number of carbonyl (C=O) groups is 2. The highest BCUT2D eigenvalue weighted by Crippen LogP contribution is 2.33. The molecule has 0 radical (unpaired) electrons. The molecule has 1 saturated heterocycles. The summed E-state index contributed by atoms with van der Waals surface area (Å²) in [5.41, 5.74) is 0.306. The molecular formula is C16H19INO4-. The Labute approximate surface area is 143 Å². The first kappa shape index (κ1) is 17.1. The van der Waals surface area contributed by atoms with Gasteiger partial charge in [0.2, 0.25) is 0 Å². The lowest BCUT2D eigenvalue weighted by atomic mass is 9.89. The monoisotopic (exact) mass is 416 g/mol. The fourth-order valence-electron chi connectivity index (χ4n) is 2.59. The zero-order chi connectivity index (χ0) is 16.5. The summed E-state index contributed by atoms with van der Waals surface area (Å²) in [7, 11) is 0. The quantitative estimate of drug-likeness (QED) is 0.692. The molecule has 0 unspecified atom stereocenters. The minimum absolute atomic E-state index is 0.118. The molecule has 0 bridgehead atoms. The Morgan fingerprint density at radius 1 is 1.32 bits per heavy atom. The normalized spacial score (nSPS) is 21.7. The van der Waals surface area contributed by atoms with E-state index in [-0.39, 0.29) is 12.5 Å². The van der Waals surface area contributed by atoms with Crippen molar-refractivity contribution in [3.05, 3.63) is 33.4 Å². The van der Waals surface area contributed by atoms with Gasteiger partial charge in [0, 0.05) is 34.5 Å². The number of halogens is 1. The van der Waals surface area contributed by atoms with Crippen LogP contribution in [-0.4, -0.2) is 35.7 Å². The van der Waals surface area contributed by atoms with Gasteiger partial charge >= 0.3 is 6.09 Å². The minimum atomic E-state index is -1.13. The summed E-state index contributed by atoms with van der Waals surface area (Å²) in [5.74, 6) is -2.12. The number of carboxylic acids is 1. The molecular weight excluding hydrogens is 397 g/mol. The Hall–Kier alpha value is -1.31. The molecule has 1 aliphatic heterocycles. The van der Waals surface area contributed by atoms with Gasteiger partial charge in [-0.15, -0.1) is 0 Å². The molecule has 5 nitrogen and oxygen atoms in total. The minimum Gasteiger partial charge on any atom is -0.550 e. The third-order valence-corrected chi connectivity index (χ3v) is 4.22. The van der Waals surface area contributed by atoms with E-state index in [4.69, 9.17) is 4.74 Å². The third kappa shape index (κ3) is 4.12. The molecule has 1 heterocycles. The molecule has 0 aromatic heterocycles. The standard InChI is InChI=1S/C16H20INO4/c1-16(2,3)22-15(21)18-8-12(13(9-18)14(19)20)10-5-4-6-11(17)7-10/h4-7,12-13H,8-9H2,1-3H3,(H,19,20)/p-1/t12-,13+/m1/s1. The number of carbonyl (C=O) groups excluding carboxylic acids is 2. The highest BCUT2D eigenvalue weighted by Gasteiger charge is 2.38. The van der Waals surface area contributed by atoms with Crippen LogP contribution in [0.3, 0.4) is 0 Å². The average Bonchev–Trinajstić information content (AvgIpc) is 2.82. The number of amides is 1. The van der Waals surface area contributed by atoms with Crippen LogP contribution in [0.1, 0.15) is 32.3 Å². The average molecular weight is 416 g/mol. The van der Waals surface area contributed by atoms with Crippen molar-refractivity contribution in [3.63, 3.8) is 0 Å². The van der Waals surface area contributed by atoms with Crippen LogP contribution in [0, 0.1) is 9.49 Å². The predicted molar refractivity (Wildman–Crippen MR) is 88.2 cm³/mol. The number of hydrogen-bond acceptors (Lipinski definition) is 4. The van der Waals surface area contributed by atoms with E-state index in [0.29, 0.717) is 6.54 Å². The number of benzene rings is 1. The molecule has 6 heteroatoms. The van der Waals surface area contributed by atoms with Crippen LogP contribution in [0.5, 0.6) is 0 Å². The Bertz CT molecular complexity index is 582. The Balaban J connectivity index is 2.20. The lowest BCUT2D eigenvalue weighted by Crippen LogP contribution is -2.38. The highest BCUT2D eigenvalue weighted by atomic mass is 127. The van der Waals surface area contributed by atoms with E-state index >= 15 is 0 Å². The number of hydrogen-bond donors (Lipinski definition) is 0. The van der Waals surface area contributed by atoms with Gasteiger partial charge in [-0.25, -0.2) is 4.79 Å². The van der Waals surface area contributed by atoms with Crippen molar-refractivity contribution in [2.24, 2.45) is 5.92 Å². The maximum absolute atomic E-state index is 12.2. The number of rotatable bonds is 2. The van der Waals surface area contributed by atoms with Crippen LogP contribution < -0.4 is 5.11 Å². The number of ether oxygens (including phenoxy) is 1.